The van der Waals surface area contributed by atoms with Gasteiger partial charge in [-0.25, -0.2) is 0 Å². The Hall–Kier alpha value is -3.35. The highest BCUT2D eigenvalue weighted by Crippen LogP contribution is 2.36. The van der Waals surface area contributed by atoms with Crippen molar-refractivity contribution in [1.29, 1.82) is 0 Å². The van der Waals surface area contributed by atoms with Crippen molar-refractivity contribution in [3.63, 3.8) is 0 Å². The van der Waals surface area contributed by atoms with Crippen LogP contribution in [0.1, 0.15) is 48.5 Å². The highest BCUT2D eigenvalue weighted by molar-refractivity contribution is 9.09. The normalized spacial score (nSPS) is 31.5. The highest BCUT2D eigenvalue weighted by Gasteiger charge is 2.57. The lowest BCUT2D eigenvalue weighted by Gasteiger charge is -2.48. The molecule has 0 aromatic heterocycles. The van der Waals surface area contributed by atoms with Crippen LogP contribution in [0.15, 0.2) is 0 Å². The van der Waals surface area contributed by atoms with E-state index >= 15 is 0 Å². The first-order valence-electron chi connectivity index (χ1n) is 13.2. The molecule has 2 aliphatic heterocycles. The number of alkyl halides is 1. The van der Waals surface area contributed by atoms with Gasteiger partial charge in [-0.2, -0.15) is 0 Å². The summed E-state index contributed by atoms with van der Waals surface area (Å²) in [5.41, 5.74) is 0. The molecule has 0 aromatic rings. The van der Waals surface area contributed by atoms with Crippen molar-refractivity contribution in [2.45, 2.75) is 109 Å². The van der Waals surface area contributed by atoms with Crippen molar-refractivity contribution < 1.29 is 80.9 Å². The van der Waals surface area contributed by atoms with Gasteiger partial charge in [0, 0.05) is 48.5 Å². The second kappa shape index (κ2) is 16.6. The number of rotatable bonds is 11. The van der Waals surface area contributed by atoms with Crippen molar-refractivity contribution in [1.82, 2.24) is 0 Å². The smallest absolute Gasteiger partial charge is 0.303 e. The van der Waals surface area contributed by atoms with E-state index in [4.69, 9.17) is 47.4 Å². The third kappa shape index (κ3) is 11.0. The predicted octanol–water partition coefficient (Wildman–Crippen LogP) is 0.00100. The van der Waals surface area contributed by atoms with Gasteiger partial charge < -0.3 is 47.4 Å². The molecule has 44 heavy (non-hydrogen) atoms. The van der Waals surface area contributed by atoms with Gasteiger partial charge in [0.15, 0.2) is 41.8 Å². The fourth-order valence-corrected chi connectivity index (χ4v) is 5.15. The summed E-state index contributed by atoms with van der Waals surface area (Å²) in [6, 6.07) is 0. The fourth-order valence-electron chi connectivity index (χ4n) is 4.46. The van der Waals surface area contributed by atoms with Gasteiger partial charge in [-0.1, -0.05) is 15.9 Å². The summed E-state index contributed by atoms with van der Waals surface area (Å²) in [5.74, 6) is -5.63. The van der Waals surface area contributed by atoms with Crippen molar-refractivity contribution in [3.05, 3.63) is 0 Å². The molecule has 0 unspecified atom stereocenters. The van der Waals surface area contributed by atoms with Crippen LogP contribution in [-0.4, -0.2) is 115 Å². The molecular formula is C26H35BrO17. The quantitative estimate of drug-likeness (QED) is 0.158. The van der Waals surface area contributed by atoms with Crippen LogP contribution in [0.25, 0.3) is 0 Å². The minimum atomic E-state index is -1.73. The van der Waals surface area contributed by atoms with E-state index in [1.165, 1.54) is 0 Å². The topological polar surface area (TPSA) is 212 Å². The van der Waals surface area contributed by atoms with Gasteiger partial charge in [0.2, 0.25) is 0 Å². The maximum Gasteiger partial charge on any atom is 0.303 e. The molecule has 0 aromatic carbocycles. The van der Waals surface area contributed by atoms with E-state index in [-0.39, 0.29) is 0 Å². The monoisotopic (exact) mass is 698 g/mol. The van der Waals surface area contributed by atoms with Gasteiger partial charge in [0.1, 0.15) is 31.5 Å². The molecule has 10 atom stereocenters. The molecule has 0 N–H and O–H groups in total. The first-order valence-corrected chi connectivity index (χ1v) is 14.1. The average molecular weight is 699 g/mol. The summed E-state index contributed by atoms with van der Waals surface area (Å²) in [7, 11) is 0. The number of carbonyl (C=O) groups excluding carboxylic acids is 7. The Kier molecular flexibility index (Phi) is 13.9. The molecule has 2 aliphatic rings. The summed E-state index contributed by atoms with van der Waals surface area (Å²) >= 11 is 3.23. The molecule has 0 aliphatic carbocycles. The molecule has 0 radical (unpaired) electrons. The largest absolute Gasteiger partial charge is 0.463 e. The Morgan fingerprint density at radius 3 is 1.27 bits per heavy atom. The van der Waals surface area contributed by atoms with Crippen LogP contribution in [0.2, 0.25) is 0 Å². The standard InChI is InChI=1S/C26H35BrO17/c1-10(28)35-8-17-20(21(38-13(4)31)23(25(27)42-17)40-15(6)33)44-26-24(41-16(7)34)22(39-14(5)32)19(37-12(3)30)18(43-26)9-36-11(2)29/h17-26H,8-9H2,1-7H3/t17-,18+,19+,20-,21-,22-,23+,24+,25+,26-/m1/s1. The lowest BCUT2D eigenvalue weighted by atomic mass is 9.96. The first kappa shape index (κ1) is 36.8. The zero-order valence-corrected chi connectivity index (χ0v) is 26.6. The van der Waals surface area contributed by atoms with Crippen molar-refractivity contribution in [3.8, 4) is 0 Å². The van der Waals surface area contributed by atoms with Crippen LogP contribution in [-0.2, 0) is 80.9 Å². The number of ether oxygens (including phenoxy) is 10. The molecule has 2 saturated heterocycles. The molecular weight excluding hydrogens is 664 g/mol. The van der Waals surface area contributed by atoms with E-state index in [9.17, 15) is 33.6 Å². The highest BCUT2D eigenvalue weighted by atomic mass is 79.9. The van der Waals surface area contributed by atoms with Gasteiger partial charge in [-0.15, -0.1) is 0 Å². The van der Waals surface area contributed by atoms with Gasteiger partial charge >= 0.3 is 41.8 Å². The van der Waals surface area contributed by atoms with Crippen LogP contribution in [0.4, 0.5) is 0 Å². The Balaban J connectivity index is 2.66. The molecule has 248 valence electrons. The molecule has 0 saturated carbocycles. The molecule has 18 heteroatoms. The number of hydrogen-bond acceptors (Lipinski definition) is 17. The van der Waals surface area contributed by atoms with E-state index < -0.39 is 115 Å². The van der Waals surface area contributed by atoms with Crippen LogP contribution in [0, 0.1) is 0 Å². The minimum absolute atomic E-state index is 0.460. The van der Waals surface area contributed by atoms with Gasteiger partial charge in [-0.3, -0.25) is 33.6 Å². The second-order valence-electron chi connectivity index (χ2n) is 9.64. The number of esters is 7. The molecule has 2 fully saturated rings. The molecule has 2 heterocycles. The van der Waals surface area contributed by atoms with Crippen molar-refractivity contribution in [2.75, 3.05) is 13.2 Å². The lowest BCUT2D eigenvalue weighted by molar-refractivity contribution is -0.341. The van der Waals surface area contributed by atoms with Gasteiger partial charge in [-0.05, 0) is 0 Å². The average Bonchev–Trinajstić information content (AvgIpc) is 2.87. The van der Waals surface area contributed by atoms with E-state index in [0.717, 1.165) is 48.5 Å². The Bertz CT molecular complexity index is 1090. The maximum atomic E-state index is 12.2. The SMILES string of the molecule is CC(=O)OC[C@@H]1O[C@H](O[C@H]2[C@@H](OC(C)=O)[C@H](OC(C)=O)[C@@H](Br)O[C@@H]2COC(C)=O)[C@@H](OC(C)=O)[C@H](OC(C)=O)[C@H]1OC(C)=O. The minimum Gasteiger partial charge on any atom is -0.463 e. The lowest BCUT2D eigenvalue weighted by Crippen LogP contribution is -2.66. The number of hydrogen-bond donors (Lipinski definition) is 0. The van der Waals surface area contributed by atoms with Crippen LogP contribution < -0.4 is 0 Å². The number of halogens is 1. The Morgan fingerprint density at radius 2 is 0.841 bits per heavy atom. The van der Waals surface area contributed by atoms with E-state index in [0.29, 0.717) is 0 Å². The predicted molar refractivity (Wildman–Crippen MR) is 142 cm³/mol. The molecule has 2 rings (SSSR count). The Morgan fingerprint density at radius 1 is 0.477 bits per heavy atom. The van der Waals surface area contributed by atoms with E-state index in [1.54, 1.807) is 0 Å². The van der Waals surface area contributed by atoms with Crippen LogP contribution in [0.5, 0.6) is 0 Å². The summed E-state index contributed by atoms with van der Waals surface area (Å²) in [4.78, 5) is 83.8. The fraction of sp³-hybridized carbons (Fsp3) is 0.731. The van der Waals surface area contributed by atoms with Crippen LogP contribution >= 0.6 is 15.9 Å². The molecule has 0 amide bonds. The van der Waals surface area contributed by atoms with Gasteiger partial charge in [0.05, 0.1) is 0 Å². The van der Waals surface area contributed by atoms with Crippen molar-refractivity contribution >= 4 is 57.7 Å². The maximum absolute atomic E-state index is 12.2. The van der Waals surface area contributed by atoms with E-state index in [2.05, 4.69) is 15.9 Å². The molecule has 0 spiro atoms. The summed E-state index contributed by atoms with van der Waals surface area (Å²) < 4.78 is 55.2. The third-order valence-electron chi connectivity index (χ3n) is 5.87. The van der Waals surface area contributed by atoms with Crippen LogP contribution in [0.3, 0.4) is 0 Å². The summed E-state index contributed by atoms with van der Waals surface area (Å²) in [5, 5.41) is -1.09. The zero-order valence-electron chi connectivity index (χ0n) is 25.0. The van der Waals surface area contributed by atoms with Crippen molar-refractivity contribution in [2.24, 2.45) is 0 Å². The van der Waals surface area contributed by atoms with Gasteiger partial charge in [0.25, 0.3) is 0 Å². The summed E-state index contributed by atoms with van der Waals surface area (Å²) in [6.45, 7) is 6.57. The molecule has 0 bridgehead atoms. The van der Waals surface area contributed by atoms with E-state index in [1.807, 2.05) is 0 Å². The third-order valence-corrected chi connectivity index (χ3v) is 6.61. The summed E-state index contributed by atoms with van der Waals surface area (Å²) in [6.07, 6.45) is -13.2. The number of carbonyl (C=O) groups is 7. The molecule has 17 nitrogen and oxygen atoms in total. The first-order chi connectivity index (χ1) is 20.5. The Labute approximate surface area is 260 Å². The second-order valence-corrected chi connectivity index (χ2v) is 10.5. The zero-order chi connectivity index (χ0) is 33.3.